The molecule has 0 aromatic heterocycles. The van der Waals surface area contributed by atoms with E-state index in [1.807, 2.05) is 42.3 Å². The average Bonchev–Trinajstić information content (AvgIpc) is 2.53. The van der Waals surface area contributed by atoms with Crippen LogP contribution in [0.5, 0.6) is 5.75 Å². The highest BCUT2D eigenvalue weighted by Crippen LogP contribution is 2.30. The van der Waals surface area contributed by atoms with Crippen molar-refractivity contribution in [3.63, 3.8) is 0 Å². The van der Waals surface area contributed by atoms with E-state index in [2.05, 4.69) is 0 Å². The largest absolute Gasteiger partial charge is 0.497 e. The second-order valence-electron chi connectivity index (χ2n) is 4.33. The minimum Gasteiger partial charge on any atom is -0.497 e. The Morgan fingerprint density at radius 1 is 1.24 bits per heavy atom. The number of hydrogen-bond donors (Lipinski definition) is 0. The van der Waals surface area contributed by atoms with Crippen LogP contribution in [0, 0.1) is 21.4 Å². The standard InChI is InChI=1S/C15H13N3O3/c1-17(12-4-3-5-14(9-12)21-2)13-6-7-15(18(19)20)11(8-13)10-16/h3-9H,1-2H3. The van der Waals surface area contributed by atoms with E-state index in [9.17, 15) is 10.1 Å². The van der Waals surface area contributed by atoms with Crippen molar-refractivity contribution in [3.8, 4) is 11.8 Å². The van der Waals surface area contributed by atoms with E-state index in [0.29, 0.717) is 11.4 Å². The fourth-order valence-electron chi connectivity index (χ4n) is 1.95. The van der Waals surface area contributed by atoms with Crippen LogP contribution >= 0.6 is 0 Å². The quantitative estimate of drug-likeness (QED) is 0.635. The molecular formula is C15H13N3O3. The lowest BCUT2D eigenvalue weighted by molar-refractivity contribution is -0.385. The van der Waals surface area contributed by atoms with Crippen LogP contribution in [0.4, 0.5) is 17.1 Å². The lowest BCUT2D eigenvalue weighted by Gasteiger charge is -2.20. The molecule has 0 saturated heterocycles. The van der Waals surface area contributed by atoms with Crippen molar-refractivity contribution in [2.45, 2.75) is 0 Å². The molecule has 0 saturated carbocycles. The number of hydrogen-bond acceptors (Lipinski definition) is 5. The highest BCUT2D eigenvalue weighted by Gasteiger charge is 2.15. The van der Waals surface area contributed by atoms with Gasteiger partial charge in [-0.2, -0.15) is 5.26 Å². The Bertz CT molecular complexity index is 722. The summed E-state index contributed by atoms with van der Waals surface area (Å²) in [7, 11) is 3.40. The molecule has 2 aromatic rings. The smallest absolute Gasteiger partial charge is 0.287 e. The third-order valence-corrected chi connectivity index (χ3v) is 3.13. The van der Waals surface area contributed by atoms with E-state index < -0.39 is 4.92 Å². The van der Waals surface area contributed by atoms with Gasteiger partial charge in [0.05, 0.1) is 12.0 Å². The maximum absolute atomic E-state index is 10.8. The fraction of sp³-hybridized carbons (Fsp3) is 0.133. The topological polar surface area (TPSA) is 79.4 Å². The summed E-state index contributed by atoms with van der Waals surface area (Å²) in [5.41, 5.74) is 1.38. The van der Waals surface area contributed by atoms with Crippen molar-refractivity contribution in [3.05, 3.63) is 58.1 Å². The predicted octanol–water partition coefficient (Wildman–Crippen LogP) is 3.24. The van der Waals surface area contributed by atoms with Crippen LogP contribution in [-0.2, 0) is 0 Å². The number of rotatable bonds is 4. The minimum absolute atomic E-state index is 0.0345. The lowest BCUT2D eigenvalue weighted by atomic mass is 10.1. The van der Waals surface area contributed by atoms with Crippen LogP contribution in [0.3, 0.4) is 0 Å². The molecule has 6 nitrogen and oxygen atoms in total. The molecule has 0 aliphatic heterocycles. The molecule has 0 spiro atoms. The number of nitro benzene ring substituents is 1. The van der Waals surface area contributed by atoms with Crippen LogP contribution in [0.2, 0.25) is 0 Å². The first-order valence-electron chi connectivity index (χ1n) is 6.13. The van der Waals surface area contributed by atoms with Crippen molar-refractivity contribution in [2.24, 2.45) is 0 Å². The molecule has 106 valence electrons. The van der Waals surface area contributed by atoms with E-state index in [0.717, 1.165) is 5.69 Å². The normalized spacial score (nSPS) is 9.76. The highest BCUT2D eigenvalue weighted by molar-refractivity contribution is 5.68. The molecule has 0 amide bonds. The molecule has 0 aliphatic carbocycles. The maximum atomic E-state index is 10.8. The molecule has 0 unspecified atom stereocenters. The van der Waals surface area contributed by atoms with Gasteiger partial charge < -0.3 is 9.64 Å². The molecule has 2 aromatic carbocycles. The molecule has 0 N–H and O–H groups in total. The Morgan fingerprint density at radius 2 is 1.95 bits per heavy atom. The number of ether oxygens (including phenoxy) is 1. The van der Waals surface area contributed by atoms with Gasteiger partial charge in [-0.3, -0.25) is 10.1 Å². The van der Waals surface area contributed by atoms with E-state index in [1.54, 1.807) is 13.2 Å². The fourth-order valence-corrected chi connectivity index (χ4v) is 1.95. The Hall–Kier alpha value is -3.07. The van der Waals surface area contributed by atoms with Crippen LogP contribution in [-0.4, -0.2) is 19.1 Å². The molecule has 2 rings (SSSR count). The summed E-state index contributed by atoms with van der Waals surface area (Å²) in [6.45, 7) is 0. The second-order valence-corrected chi connectivity index (χ2v) is 4.33. The summed E-state index contributed by atoms with van der Waals surface area (Å²) < 4.78 is 5.17. The first kappa shape index (κ1) is 14.3. The molecule has 21 heavy (non-hydrogen) atoms. The van der Waals surface area contributed by atoms with Crippen molar-refractivity contribution in [1.82, 2.24) is 0 Å². The summed E-state index contributed by atoms with van der Waals surface area (Å²) >= 11 is 0. The number of methoxy groups -OCH3 is 1. The van der Waals surface area contributed by atoms with Crippen LogP contribution in [0.25, 0.3) is 0 Å². The third-order valence-electron chi connectivity index (χ3n) is 3.13. The number of benzene rings is 2. The average molecular weight is 283 g/mol. The van der Waals surface area contributed by atoms with Gasteiger partial charge in [-0.15, -0.1) is 0 Å². The van der Waals surface area contributed by atoms with Crippen molar-refractivity contribution in [1.29, 1.82) is 5.26 Å². The zero-order chi connectivity index (χ0) is 15.4. The predicted molar refractivity (Wildman–Crippen MR) is 78.9 cm³/mol. The summed E-state index contributed by atoms with van der Waals surface area (Å²) in [6, 6.07) is 13.7. The Kier molecular flexibility index (Phi) is 4.05. The zero-order valence-electron chi connectivity index (χ0n) is 11.6. The zero-order valence-corrected chi connectivity index (χ0v) is 11.6. The van der Waals surface area contributed by atoms with Crippen molar-refractivity contribution < 1.29 is 9.66 Å². The van der Waals surface area contributed by atoms with Gasteiger partial charge in [-0.05, 0) is 24.3 Å². The lowest BCUT2D eigenvalue weighted by Crippen LogP contribution is -2.10. The molecule has 0 aliphatic rings. The van der Waals surface area contributed by atoms with Crippen LogP contribution in [0.15, 0.2) is 42.5 Å². The van der Waals surface area contributed by atoms with Gasteiger partial charge in [-0.25, -0.2) is 0 Å². The third kappa shape index (κ3) is 2.92. The Balaban J connectivity index is 2.41. The highest BCUT2D eigenvalue weighted by atomic mass is 16.6. The molecule has 0 atom stereocenters. The van der Waals surface area contributed by atoms with Gasteiger partial charge in [0.2, 0.25) is 0 Å². The molecule has 0 radical (unpaired) electrons. The van der Waals surface area contributed by atoms with Gasteiger partial charge in [0.15, 0.2) is 0 Å². The number of nitrogens with zero attached hydrogens (tertiary/aromatic N) is 3. The number of nitro groups is 1. The van der Waals surface area contributed by atoms with E-state index >= 15 is 0 Å². The minimum atomic E-state index is -0.562. The van der Waals surface area contributed by atoms with Crippen molar-refractivity contribution in [2.75, 3.05) is 19.1 Å². The van der Waals surface area contributed by atoms with Crippen LogP contribution < -0.4 is 9.64 Å². The first-order chi connectivity index (χ1) is 10.1. The molecule has 0 fully saturated rings. The van der Waals surface area contributed by atoms with Gasteiger partial charge in [-0.1, -0.05) is 6.07 Å². The summed E-state index contributed by atoms with van der Waals surface area (Å²) in [5, 5.41) is 19.9. The summed E-state index contributed by atoms with van der Waals surface area (Å²) in [5.74, 6) is 0.710. The summed E-state index contributed by atoms with van der Waals surface area (Å²) in [6.07, 6.45) is 0. The van der Waals surface area contributed by atoms with E-state index in [4.69, 9.17) is 10.00 Å². The van der Waals surface area contributed by atoms with Crippen LogP contribution in [0.1, 0.15) is 5.56 Å². The summed E-state index contributed by atoms with van der Waals surface area (Å²) in [4.78, 5) is 12.1. The van der Waals surface area contributed by atoms with Crippen molar-refractivity contribution >= 4 is 17.1 Å². The van der Waals surface area contributed by atoms with E-state index in [-0.39, 0.29) is 11.3 Å². The molecule has 0 heterocycles. The van der Waals surface area contributed by atoms with E-state index in [1.165, 1.54) is 12.1 Å². The number of anilines is 2. The molecular weight excluding hydrogens is 270 g/mol. The van der Waals surface area contributed by atoms with Gasteiger partial charge in [0.25, 0.3) is 5.69 Å². The first-order valence-corrected chi connectivity index (χ1v) is 6.13. The SMILES string of the molecule is COc1cccc(N(C)c2ccc([N+](=O)[O-])c(C#N)c2)c1. The maximum Gasteiger partial charge on any atom is 0.287 e. The number of nitriles is 1. The Morgan fingerprint density at radius 3 is 2.57 bits per heavy atom. The Labute approximate surface area is 122 Å². The van der Waals surface area contributed by atoms with Gasteiger partial charge in [0, 0.05) is 30.6 Å². The second kappa shape index (κ2) is 5.92. The monoisotopic (exact) mass is 283 g/mol. The van der Waals surface area contributed by atoms with Gasteiger partial charge >= 0.3 is 0 Å². The molecule has 0 bridgehead atoms. The molecule has 6 heteroatoms. The van der Waals surface area contributed by atoms with Gasteiger partial charge in [0.1, 0.15) is 17.4 Å².